The number of benzene rings is 1. The summed E-state index contributed by atoms with van der Waals surface area (Å²) in [6.07, 6.45) is 5.17. The molecule has 1 aromatic carbocycles. The fraction of sp³-hybridized carbons (Fsp3) is 0.452. The zero-order valence-corrected chi connectivity index (χ0v) is 27.7. The molecule has 4 aromatic rings. The quantitative estimate of drug-likeness (QED) is 0.306. The first-order valence-electron chi connectivity index (χ1n) is 14.9. The molecule has 240 valence electrons. The van der Waals surface area contributed by atoms with Gasteiger partial charge in [0.25, 0.3) is 5.56 Å². The summed E-state index contributed by atoms with van der Waals surface area (Å²) in [5, 5.41) is 3.60. The molecule has 0 saturated carbocycles. The molecule has 0 atom stereocenters. The van der Waals surface area contributed by atoms with E-state index in [1.165, 1.54) is 6.20 Å². The van der Waals surface area contributed by atoms with E-state index in [0.717, 1.165) is 24.3 Å². The molecule has 5 rings (SSSR count). The first-order chi connectivity index (χ1) is 21.2. The number of amides is 1. The third kappa shape index (κ3) is 7.62. The molecular formula is C31H41N9O4S. The summed E-state index contributed by atoms with van der Waals surface area (Å²) < 4.78 is 25.3. The Balaban J connectivity index is 1.38. The summed E-state index contributed by atoms with van der Waals surface area (Å²) in [5.74, 6) is 1.05. The van der Waals surface area contributed by atoms with Crippen molar-refractivity contribution in [3.63, 3.8) is 0 Å². The Morgan fingerprint density at radius 1 is 1.02 bits per heavy atom. The molecular weight excluding hydrogens is 594 g/mol. The normalized spacial score (nSPS) is 14.5. The first-order valence-corrected chi connectivity index (χ1v) is 17.3. The van der Waals surface area contributed by atoms with Gasteiger partial charge in [-0.25, -0.2) is 28.3 Å². The van der Waals surface area contributed by atoms with E-state index >= 15 is 0 Å². The summed E-state index contributed by atoms with van der Waals surface area (Å²) >= 11 is 0. The van der Waals surface area contributed by atoms with Crippen molar-refractivity contribution in [2.24, 2.45) is 4.36 Å². The highest BCUT2D eigenvalue weighted by Gasteiger charge is 2.25. The van der Waals surface area contributed by atoms with E-state index in [9.17, 15) is 13.8 Å². The number of pyridine rings is 1. The number of anilines is 3. The zero-order chi connectivity index (χ0) is 32.5. The lowest BCUT2D eigenvalue weighted by molar-refractivity contribution is 0.0263. The third-order valence-electron chi connectivity index (χ3n) is 7.00. The number of hydrogen-bond acceptors (Lipinski definition) is 10. The van der Waals surface area contributed by atoms with Gasteiger partial charge in [0.05, 0.1) is 0 Å². The predicted octanol–water partition coefficient (Wildman–Crippen LogP) is 5.11. The largest absolute Gasteiger partial charge is 0.444 e. The number of fused-ring (bicyclic) bond motifs is 1. The summed E-state index contributed by atoms with van der Waals surface area (Å²) in [5.41, 5.74) is 1.45. The van der Waals surface area contributed by atoms with Gasteiger partial charge in [0, 0.05) is 72.0 Å². The van der Waals surface area contributed by atoms with Gasteiger partial charge in [-0.1, -0.05) is 6.07 Å². The van der Waals surface area contributed by atoms with Crippen molar-refractivity contribution in [1.82, 2.24) is 29.2 Å². The van der Waals surface area contributed by atoms with Crippen molar-refractivity contribution < 1.29 is 13.7 Å². The molecule has 0 aliphatic carbocycles. The first kappa shape index (κ1) is 31.9. The number of nitrogens with one attached hydrogen (secondary N) is 1. The Morgan fingerprint density at radius 3 is 2.42 bits per heavy atom. The highest BCUT2D eigenvalue weighted by atomic mass is 32.2. The second kappa shape index (κ2) is 12.5. The highest BCUT2D eigenvalue weighted by molar-refractivity contribution is 7.92. The summed E-state index contributed by atoms with van der Waals surface area (Å²) in [6.45, 7) is 12.2. The van der Waals surface area contributed by atoms with Crippen LogP contribution in [0.15, 0.2) is 57.8 Å². The van der Waals surface area contributed by atoms with Crippen LogP contribution in [0.3, 0.4) is 0 Å². The predicted molar refractivity (Wildman–Crippen MR) is 178 cm³/mol. The van der Waals surface area contributed by atoms with Crippen molar-refractivity contribution in [2.45, 2.75) is 52.7 Å². The van der Waals surface area contributed by atoms with Crippen LogP contribution in [-0.4, -0.2) is 83.8 Å². The van der Waals surface area contributed by atoms with Crippen LogP contribution in [0, 0.1) is 0 Å². The van der Waals surface area contributed by atoms with E-state index < -0.39 is 15.3 Å². The van der Waals surface area contributed by atoms with Crippen LogP contribution in [0.5, 0.6) is 0 Å². The molecule has 1 saturated heterocycles. The SMILES string of the molecule is CC(C)n1c(=O)c2cnc(Nc3ccc(N4CCCN(C(=O)OC(C)(C)C)CC4)cc3)nc2n1-c1cccc(N=S(C)(C)=O)n1. The van der Waals surface area contributed by atoms with Crippen LogP contribution in [0.25, 0.3) is 16.9 Å². The maximum atomic E-state index is 13.4. The van der Waals surface area contributed by atoms with Gasteiger partial charge in [0.15, 0.2) is 17.3 Å². The van der Waals surface area contributed by atoms with Gasteiger partial charge in [-0.05, 0) is 77.4 Å². The van der Waals surface area contributed by atoms with E-state index in [1.807, 2.05) is 58.9 Å². The van der Waals surface area contributed by atoms with Crippen LogP contribution < -0.4 is 15.8 Å². The Hall–Kier alpha value is -4.46. The third-order valence-corrected chi connectivity index (χ3v) is 7.63. The molecule has 45 heavy (non-hydrogen) atoms. The van der Waals surface area contributed by atoms with E-state index in [1.54, 1.807) is 45.0 Å². The fourth-order valence-electron chi connectivity index (χ4n) is 5.12. The molecule has 0 unspecified atom stereocenters. The van der Waals surface area contributed by atoms with E-state index in [4.69, 9.17) is 9.72 Å². The molecule has 13 nitrogen and oxygen atoms in total. The Bertz CT molecular complexity index is 1880. The number of hydrogen-bond donors (Lipinski definition) is 1. The maximum Gasteiger partial charge on any atom is 0.410 e. The van der Waals surface area contributed by atoms with E-state index in [0.29, 0.717) is 48.3 Å². The van der Waals surface area contributed by atoms with Gasteiger partial charge in [-0.2, -0.15) is 9.35 Å². The van der Waals surface area contributed by atoms with Gasteiger partial charge in [-0.15, -0.1) is 0 Å². The van der Waals surface area contributed by atoms with Crippen molar-refractivity contribution >= 4 is 50.0 Å². The smallest absolute Gasteiger partial charge is 0.410 e. The minimum Gasteiger partial charge on any atom is -0.444 e. The van der Waals surface area contributed by atoms with Crippen molar-refractivity contribution in [2.75, 3.05) is 48.9 Å². The number of rotatable bonds is 6. The van der Waals surface area contributed by atoms with Crippen LogP contribution in [0.1, 0.15) is 47.1 Å². The summed E-state index contributed by atoms with van der Waals surface area (Å²) in [4.78, 5) is 43.7. The van der Waals surface area contributed by atoms with Crippen LogP contribution in [0.2, 0.25) is 0 Å². The Kier molecular flexibility index (Phi) is 8.88. The van der Waals surface area contributed by atoms with Gasteiger partial charge in [0.2, 0.25) is 5.95 Å². The van der Waals surface area contributed by atoms with Crippen LogP contribution in [-0.2, 0) is 14.5 Å². The number of carbonyl (C=O) groups excluding carboxylic acids is 1. The number of carbonyl (C=O) groups is 1. The molecule has 4 heterocycles. The monoisotopic (exact) mass is 635 g/mol. The second-order valence-electron chi connectivity index (χ2n) is 12.6. The van der Waals surface area contributed by atoms with Crippen LogP contribution >= 0.6 is 0 Å². The topological polar surface area (TPSA) is 140 Å². The molecule has 3 aromatic heterocycles. The Labute approximate surface area is 263 Å². The Morgan fingerprint density at radius 2 is 1.76 bits per heavy atom. The second-order valence-corrected chi connectivity index (χ2v) is 15.1. The molecule has 1 amide bonds. The van der Waals surface area contributed by atoms with Crippen molar-refractivity contribution in [1.29, 1.82) is 0 Å². The highest BCUT2D eigenvalue weighted by Crippen LogP contribution is 2.24. The maximum absolute atomic E-state index is 13.4. The molecule has 1 fully saturated rings. The number of aromatic nitrogens is 5. The minimum absolute atomic E-state index is 0.199. The zero-order valence-electron chi connectivity index (χ0n) is 26.9. The lowest BCUT2D eigenvalue weighted by atomic mass is 10.2. The summed E-state index contributed by atoms with van der Waals surface area (Å²) in [6, 6.07) is 12.9. The molecule has 0 radical (unpaired) electrons. The van der Waals surface area contributed by atoms with Gasteiger partial charge in [0.1, 0.15) is 11.0 Å². The van der Waals surface area contributed by atoms with E-state index in [-0.39, 0.29) is 17.7 Å². The molecule has 1 aliphatic rings. The molecule has 0 spiro atoms. The number of ether oxygens (including phenoxy) is 1. The van der Waals surface area contributed by atoms with Crippen molar-refractivity contribution in [3.8, 4) is 5.82 Å². The lowest BCUT2D eigenvalue weighted by Crippen LogP contribution is -2.39. The standard InChI is InChI=1S/C31H41N9O4S/c1-21(2)39-28(41)24-20-32-29(35-27(24)40(39)26-11-8-10-25(34-26)36-45(6,7)43)33-22-12-14-23(15-13-22)37-16-9-17-38(19-18-37)30(42)44-31(3,4)5/h8,10-15,20-21H,9,16-19H2,1-7H3,(H,32,33,35). The summed E-state index contributed by atoms with van der Waals surface area (Å²) in [7, 11) is -2.43. The van der Waals surface area contributed by atoms with Gasteiger partial charge >= 0.3 is 6.09 Å². The van der Waals surface area contributed by atoms with Crippen molar-refractivity contribution in [3.05, 3.63) is 59.0 Å². The molecule has 1 aliphatic heterocycles. The molecule has 0 bridgehead atoms. The fourth-order valence-corrected chi connectivity index (χ4v) is 5.67. The van der Waals surface area contributed by atoms with Gasteiger partial charge in [-0.3, -0.25) is 4.79 Å². The lowest BCUT2D eigenvalue weighted by Gasteiger charge is -2.27. The van der Waals surface area contributed by atoms with Crippen LogP contribution in [0.4, 0.5) is 27.9 Å². The average molecular weight is 636 g/mol. The molecule has 14 heteroatoms. The molecule has 1 N–H and O–H groups in total. The number of nitrogens with zero attached hydrogens (tertiary/aromatic N) is 8. The van der Waals surface area contributed by atoms with Gasteiger partial charge < -0.3 is 19.9 Å². The minimum atomic E-state index is -2.43. The average Bonchev–Trinajstić information content (AvgIpc) is 3.07. The van der Waals surface area contributed by atoms with E-state index in [2.05, 4.69) is 24.5 Å².